The number of rotatable bonds is 5. The summed E-state index contributed by atoms with van der Waals surface area (Å²) in [4.78, 5) is 16.9. The summed E-state index contributed by atoms with van der Waals surface area (Å²) in [6, 6.07) is 0. The van der Waals surface area contributed by atoms with E-state index in [-0.39, 0.29) is 6.61 Å². The van der Waals surface area contributed by atoms with Crippen LogP contribution < -0.4 is 0 Å². The Kier molecular flexibility index (Phi) is 4.10. The molecule has 0 aliphatic rings. The normalized spacial score (nSPS) is 13.0. The summed E-state index contributed by atoms with van der Waals surface area (Å²) in [5.41, 5.74) is 0. The van der Waals surface area contributed by atoms with Gasteiger partial charge in [-0.1, -0.05) is 6.08 Å². The van der Waals surface area contributed by atoms with Crippen LogP contribution in [0.3, 0.4) is 0 Å². The molecule has 0 aromatic carbocycles. The Bertz CT molecular complexity index is 194. The zero-order chi connectivity index (χ0) is 9.83. The first-order valence-corrected chi connectivity index (χ1v) is 4.81. The largest absolute Gasteiger partial charge is 0.472 e. The molecule has 0 aliphatic carbocycles. The average molecular weight is 196 g/mol. The monoisotopic (exact) mass is 196 g/mol. The number of hydrogen-bond donors (Lipinski definition) is 2. The topological polar surface area (TPSA) is 76.0 Å². The third-order valence-corrected chi connectivity index (χ3v) is 1.57. The Labute approximate surface area is 71.2 Å². The zero-order valence-electron chi connectivity index (χ0n) is 7.06. The fourth-order valence-electron chi connectivity index (χ4n) is 0.572. The van der Waals surface area contributed by atoms with Crippen LogP contribution in [0.1, 0.15) is 13.8 Å². The van der Waals surface area contributed by atoms with E-state index in [1.54, 1.807) is 0 Å². The van der Waals surface area contributed by atoms with Gasteiger partial charge in [-0.05, 0) is 13.8 Å². The molecule has 0 unspecified atom stereocenters. The van der Waals surface area contributed by atoms with Crippen LogP contribution in [0.25, 0.3) is 0 Å². The molecule has 0 amide bonds. The lowest BCUT2D eigenvalue weighted by Crippen LogP contribution is -2.27. The second-order valence-corrected chi connectivity index (χ2v) is 3.75. The fraction of sp³-hybridized carbons (Fsp3) is 0.667. The lowest BCUT2D eigenvalue weighted by atomic mass is 10.4. The van der Waals surface area contributed by atoms with Gasteiger partial charge in [0, 0.05) is 0 Å². The van der Waals surface area contributed by atoms with Crippen LogP contribution in [-0.2, 0) is 13.8 Å². The van der Waals surface area contributed by atoms with E-state index in [0.29, 0.717) is 0 Å². The molecular formula is C6H13O5P. The Balaban J connectivity index is 4.03. The van der Waals surface area contributed by atoms with Crippen molar-refractivity contribution >= 4 is 7.82 Å². The van der Waals surface area contributed by atoms with E-state index in [9.17, 15) is 4.57 Å². The second kappa shape index (κ2) is 4.16. The summed E-state index contributed by atoms with van der Waals surface area (Å²) >= 11 is 0. The molecule has 2 N–H and O–H groups in total. The fourth-order valence-corrected chi connectivity index (χ4v) is 1.20. The van der Waals surface area contributed by atoms with Crippen LogP contribution in [0.15, 0.2) is 12.7 Å². The van der Waals surface area contributed by atoms with Crippen molar-refractivity contribution in [1.29, 1.82) is 0 Å². The van der Waals surface area contributed by atoms with Gasteiger partial charge in [0.2, 0.25) is 0 Å². The predicted octanol–water partition coefficient (Wildman–Crippen LogP) is 1.03. The molecular weight excluding hydrogens is 183 g/mol. The molecule has 0 atom stereocenters. The van der Waals surface area contributed by atoms with E-state index >= 15 is 0 Å². The van der Waals surface area contributed by atoms with Crippen LogP contribution >= 0.6 is 7.82 Å². The van der Waals surface area contributed by atoms with Crippen LogP contribution in [-0.4, -0.2) is 22.2 Å². The first-order chi connectivity index (χ1) is 5.27. The zero-order valence-corrected chi connectivity index (χ0v) is 7.95. The van der Waals surface area contributed by atoms with Crippen LogP contribution in [0.2, 0.25) is 0 Å². The van der Waals surface area contributed by atoms with E-state index in [4.69, 9.17) is 14.5 Å². The van der Waals surface area contributed by atoms with E-state index in [2.05, 4.69) is 11.1 Å². The molecule has 72 valence electrons. The van der Waals surface area contributed by atoms with Crippen LogP contribution in [0, 0.1) is 0 Å². The SMILES string of the molecule is C=CCOC(C)(C)OP(=O)(O)O. The minimum Gasteiger partial charge on any atom is -0.346 e. The molecule has 6 heteroatoms. The van der Waals surface area contributed by atoms with Gasteiger partial charge < -0.3 is 14.5 Å². The molecule has 0 saturated carbocycles. The summed E-state index contributed by atoms with van der Waals surface area (Å²) in [7, 11) is -4.49. The van der Waals surface area contributed by atoms with E-state index in [1.165, 1.54) is 19.9 Å². The van der Waals surface area contributed by atoms with Crippen molar-refractivity contribution in [2.24, 2.45) is 0 Å². The van der Waals surface area contributed by atoms with Crippen LogP contribution in [0.5, 0.6) is 0 Å². The van der Waals surface area contributed by atoms with Gasteiger partial charge in [-0.2, -0.15) is 0 Å². The van der Waals surface area contributed by atoms with Crippen molar-refractivity contribution < 1.29 is 23.6 Å². The maximum Gasteiger partial charge on any atom is 0.472 e. The quantitative estimate of drug-likeness (QED) is 0.390. The van der Waals surface area contributed by atoms with Gasteiger partial charge in [-0.15, -0.1) is 6.58 Å². The highest BCUT2D eigenvalue weighted by Gasteiger charge is 2.29. The molecule has 0 bridgehead atoms. The molecule has 0 saturated heterocycles. The van der Waals surface area contributed by atoms with Crippen molar-refractivity contribution in [1.82, 2.24) is 0 Å². The van der Waals surface area contributed by atoms with E-state index in [1.807, 2.05) is 0 Å². The number of phosphoric acid groups is 1. The summed E-state index contributed by atoms with van der Waals surface area (Å²) in [5.74, 6) is -1.30. The molecule has 0 aliphatic heterocycles. The van der Waals surface area contributed by atoms with Crippen molar-refractivity contribution in [2.75, 3.05) is 6.61 Å². The first-order valence-electron chi connectivity index (χ1n) is 3.28. The van der Waals surface area contributed by atoms with E-state index < -0.39 is 13.6 Å². The third kappa shape index (κ3) is 6.52. The summed E-state index contributed by atoms with van der Waals surface area (Å²) in [5, 5.41) is 0. The van der Waals surface area contributed by atoms with E-state index in [0.717, 1.165) is 0 Å². The number of ether oxygens (including phenoxy) is 1. The first kappa shape index (κ1) is 11.8. The Hall–Kier alpha value is -0.190. The summed E-state index contributed by atoms with van der Waals surface area (Å²) in [6.45, 7) is 6.38. The van der Waals surface area contributed by atoms with Crippen molar-refractivity contribution in [3.8, 4) is 0 Å². The van der Waals surface area contributed by atoms with Gasteiger partial charge in [-0.25, -0.2) is 4.57 Å². The van der Waals surface area contributed by atoms with Gasteiger partial charge >= 0.3 is 7.82 Å². The molecule has 0 aromatic rings. The van der Waals surface area contributed by atoms with Crippen molar-refractivity contribution in [3.05, 3.63) is 12.7 Å². The maximum absolute atomic E-state index is 10.4. The molecule has 0 spiro atoms. The Morgan fingerprint density at radius 1 is 1.58 bits per heavy atom. The summed E-state index contributed by atoms with van der Waals surface area (Å²) < 4.78 is 19.6. The van der Waals surface area contributed by atoms with Gasteiger partial charge in [-0.3, -0.25) is 4.52 Å². The molecule has 0 fully saturated rings. The summed E-state index contributed by atoms with van der Waals surface area (Å²) in [6.07, 6.45) is 1.46. The lowest BCUT2D eigenvalue weighted by Gasteiger charge is -2.24. The highest BCUT2D eigenvalue weighted by Crippen LogP contribution is 2.41. The van der Waals surface area contributed by atoms with Gasteiger partial charge in [0.1, 0.15) is 0 Å². The molecule has 0 heterocycles. The molecule has 0 aromatic heterocycles. The average Bonchev–Trinajstić information content (AvgIpc) is 1.78. The standard InChI is InChI=1S/C6H13O5P/c1-4-5-10-6(2,3)11-12(7,8)9/h4H,1,5H2,2-3H3,(H2,7,8,9). The molecule has 0 rings (SSSR count). The van der Waals surface area contributed by atoms with Gasteiger partial charge in [0.15, 0.2) is 5.79 Å². The Morgan fingerprint density at radius 2 is 2.08 bits per heavy atom. The highest BCUT2D eigenvalue weighted by molar-refractivity contribution is 7.46. The Morgan fingerprint density at radius 3 is 2.42 bits per heavy atom. The van der Waals surface area contributed by atoms with Crippen molar-refractivity contribution in [3.63, 3.8) is 0 Å². The maximum atomic E-state index is 10.4. The molecule has 5 nitrogen and oxygen atoms in total. The molecule has 0 radical (unpaired) electrons. The predicted molar refractivity (Wildman–Crippen MR) is 43.4 cm³/mol. The number of phosphoric ester groups is 1. The number of hydrogen-bond acceptors (Lipinski definition) is 3. The van der Waals surface area contributed by atoms with Gasteiger partial charge in [0.25, 0.3) is 0 Å². The van der Waals surface area contributed by atoms with Gasteiger partial charge in [0.05, 0.1) is 6.61 Å². The minimum atomic E-state index is -4.49. The minimum absolute atomic E-state index is 0.174. The third-order valence-electron chi connectivity index (χ3n) is 0.888. The smallest absolute Gasteiger partial charge is 0.346 e. The van der Waals surface area contributed by atoms with Crippen molar-refractivity contribution in [2.45, 2.75) is 19.6 Å². The van der Waals surface area contributed by atoms with Crippen LogP contribution in [0.4, 0.5) is 0 Å². The molecule has 12 heavy (non-hydrogen) atoms. The second-order valence-electron chi connectivity index (χ2n) is 2.58. The highest BCUT2D eigenvalue weighted by atomic mass is 31.2. The lowest BCUT2D eigenvalue weighted by molar-refractivity contribution is -0.157.